The molecule has 0 radical (unpaired) electrons. The summed E-state index contributed by atoms with van der Waals surface area (Å²) >= 11 is 0. The highest BCUT2D eigenvalue weighted by atomic mass is 16.5. The predicted octanol–water partition coefficient (Wildman–Crippen LogP) is 4.08. The van der Waals surface area contributed by atoms with Crippen molar-refractivity contribution in [2.75, 3.05) is 34.5 Å². The molecule has 2 aromatic rings. The van der Waals surface area contributed by atoms with Crippen LogP contribution < -0.4 is 19.5 Å². The maximum Gasteiger partial charge on any atom is 0.161 e. The number of nitrogens with two attached hydrogens (primary N) is 1. The minimum absolute atomic E-state index is 0.0592. The normalized spacial score (nSPS) is 23.4. The molecule has 2 atom stereocenters. The van der Waals surface area contributed by atoms with Crippen LogP contribution in [0.15, 0.2) is 42.5 Å². The third-order valence-corrected chi connectivity index (χ3v) is 6.82. The summed E-state index contributed by atoms with van der Waals surface area (Å²) in [5.41, 5.74) is 2.51. The van der Waals surface area contributed by atoms with Gasteiger partial charge in [0.1, 0.15) is 12.3 Å². The molecule has 31 heavy (non-hydrogen) atoms. The van der Waals surface area contributed by atoms with E-state index in [1.165, 1.54) is 11.1 Å². The molecule has 1 aliphatic heterocycles. The Kier molecular flexibility index (Phi) is 7.84. The molecule has 5 heteroatoms. The van der Waals surface area contributed by atoms with E-state index >= 15 is 0 Å². The highest BCUT2D eigenvalue weighted by Gasteiger charge is 2.44. The van der Waals surface area contributed by atoms with Crippen molar-refractivity contribution >= 4 is 0 Å². The van der Waals surface area contributed by atoms with E-state index in [4.69, 9.17) is 18.9 Å². The van der Waals surface area contributed by atoms with E-state index in [0.29, 0.717) is 0 Å². The fourth-order valence-electron chi connectivity index (χ4n) is 4.89. The van der Waals surface area contributed by atoms with Crippen molar-refractivity contribution < 1.29 is 24.3 Å². The number of hydrogen-bond donors (Lipinski definition) is 1. The molecule has 0 spiro atoms. The highest BCUT2D eigenvalue weighted by Crippen LogP contribution is 2.47. The van der Waals surface area contributed by atoms with Crippen molar-refractivity contribution in [1.82, 2.24) is 0 Å². The van der Waals surface area contributed by atoms with Gasteiger partial charge in [-0.3, -0.25) is 0 Å². The van der Waals surface area contributed by atoms with Gasteiger partial charge in [0.15, 0.2) is 11.5 Å². The number of hydrogen-bond acceptors (Lipinski definition) is 4. The molecule has 1 heterocycles. The number of ether oxygens (including phenoxy) is 4. The number of benzene rings is 2. The number of rotatable bonds is 10. The van der Waals surface area contributed by atoms with Crippen LogP contribution in [-0.2, 0) is 16.7 Å². The standard InChI is InChI=1S/C26H37NO4/c1-6-25(2)19-26(14-16-31-25,21-9-7-8-10-22(21)28-3)13-15-27-18-20-11-12-23(29-4)24(17-20)30-5/h7-12,17,27H,6,13-16,18-19H2,1-5H3/p+1/t25-,26+/m1/s1. The zero-order valence-corrected chi connectivity index (χ0v) is 19.7. The van der Waals surface area contributed by atoms with Crippen LogP contribution in [0.1, 0.15) is 50.7 Å². The SMILES string of the molecule is CC[C@]1(C)C[C@@](CC[NH2+]Cc2ccc(OC)c(OC)c2)(c2ccccc2OC)CCO1. The lowest BCUT2D eigenvalue weighted by Crippen LogP contribution is -2.83. The van der Waals surface area contributed by atoms with Crippen molar-refractivity contribution in [3.63, 3.8) is 0 Å². The zero-order valence-electron chi connectivity index (χ0n) is 19.7. The topological polar surface area (TPSA) is 53.5 Å². The van der Waals surface area contributed by atoms with E-state index in [0.717, 1.165) is 62.6 Å². The van der Waals surface area contributed by atoms with E-state index < -0.39 is 0 Å². The van der Waals surface area contributed by atoms with Crippen LogP contribution >= 0.6 is 0 Å². The lowest BCUT2D eigenvalue weighted by Gasteiger charge is -2.46. The monoisotopic (exact) mass is 428 g/mol. The van der Waals surface area contributed by atoms with Crippen LogP contribution in [0.5, 0.6) is 17.2 Å². The molecule has 0 aliphatic carbocycles. The van der Waals surface area contributed by atoms with Crippen LogP contribution in [0.2, 0.25) is 0 Å². The number of quaternary nitrogens is 1. The average molecular weight is 429 g/mol. The smallest absolute Gasteiger partial charge is 0.161 e. The van der Waals surface area contributed by atoms with Crippen molar-refractivity contribution in [2.45, 2.75) is 57.1 Å². The maximum atomic E-state index is 6.21. The fourth-order valence-corrected chi connectivity index (χ4v) is 4.89. The molecule has 0 unspecified atom stereocenters. The molecule has 0 bridgehead atoms. The molecule has 0 aromatic heterocycles. The largest absolute Gasteiger partial charge is 0.496 e. The van der Waals surface area contributed by atoms with Gasteiger partial charge in [0.2, 0.25) is 0 Å². The maximum absolute atomic E-state index is 6.21. The first-order valence-electron chi connectivity index (χ1n) is 11.3. The van der Waals surface area contributed by atoms with Gasteiger partial charge in [-0.2, -0.15) is 0 Å². The zero-order chi connectivity index (χ0) is 22.3. The Labute approximate surface area is 187 Å². The van der Waals surface area contributed by atoms with Crippen LogP contribution in [0.4, 0.5) is 0 Å². The Hall–Kier alpha value is -2.24. The van der Waals surface area contributed by atoms with E-state index in [-0.39, 0.29) is 11.0 Å². The average Bonchev–Trinajstić information content (AvgIpc) is 2.81. The molecule has 1 aliphatic rings. The molecule has 0 saturated carbocycles. The molecule has 2 N–H and O–H groups in total. The Balaban J connectivity index is 1.74. The quantitative estimate of drug-likeness (QED) is 0.580. The molecule has 5 nitrogen and oxygen atoms in total. The first-order chi connectivity index (χ1) is 15.0. The summed E-state index contributed by atoms with van der Waals surface area (Å²) in [7, 11) is 5.12. The fraction of sp³-hybridized carbons (Fsp3) is 0.538. The second-order valence-electron chi connectivity index (χ2n) is 8.78. The van der Waals surface area contributed by atoms with Crippen molar-refractivity contribution in [1.29, 1.82) is 0 Å². The summed E-state index contributed by atoms with van der Waals surface area (Å²) in [6.45, 7) is 7.21. The van der Waals surface area contributed by atoms with E-state index in [1.807, 2.05) is 6.07 Å². The summed E-state index contributed by atoms with van der Waals surface area (Å²) in [5.74, 6) is 2.53. The molecule has 2 aromatic carbocycles. The van der Waals surface area contributed by atoms with E-state index in [2.05, 4.69) is 55.6 Å². The van der Waals surface area contributed by atoms with Gasteiger partial charge in [-0.15, -0.1) is 0 Å². The van der Waals surface area contributed by atoms with Gasteiger partial charge in [0.05, 0.1) is 33.5 Å². The Morgan fingerprint density at radius 3 is 2.42 bits per heavy atom. The molecule has 3 rings (SSSR count). The van der Waals surface area contributed by atoms with Crippen molar-refractivity contribution in [2.24, 2.45) is 0 Å². The third-order valence-electron chi connectivity index (χ3n) is 6.82. The van der Waals surface area contributed by atoms with Gasteiger partial charge in [-0.05, 0) is 50.5 Å². The first-order valence-corrected chi connectivity index (χ1v) is 11.3. The lowest BCUT2D eigenvalue weighted by atomic mass is 9.66. The number of methoxy groups -OCH3 is 3. The Bertz CT molecular complexity index is 855. The van der Waals surface area contributed by atoms with Crippen LogP contribution in [0.3, 0.4) is 0 Å². The molecule has 0 amide bonds. The Morgan fingerprint density at radius 1 is 0.968 bits per heavy atom. The van der Waals surface area contributed by atoms with Gasteiger partial charge < -0.3 is 24.3 Å². The summed E-state index contributed by atoms with van der Waals surface area (Å²) in [4.78, 5) is 0. The minimum atomic E-state index is -0.0948. The van der Waals surface area contributed by atoms with Crippen molar-refractivity contribution in [3.8, 4) is 17.2 Å². The van der Waals surface area contributed by atoms with Gasteiger partial charge in [-0.1, -0.05) is 25.1 Å². The second kappa shape index (κ2) is 10.4. The summed E-state index contributed by atoms with van der Waals surface area (Å²) in [6.07, 6.45) is 4.13. The van der Waals surface area contributed by atoms with Gasteiger partial charge >= 0.3 is 0 Å². The molecular formula is C26H38NO4+. The van der Waals surface area contributed by atoms with Gasteiger partial charge in [0.25, 0.3) is 0 Å². The van der Waals surface area contributed by atoms with Crippen LogP contribution in [0.25, 0.3) is 0 Å². The number of para-hydroxylation sites is 1. The van der Waals surface area contributed by atoms with Crippen molar-refractivity contribution in [3.05, 3.63) is 53.6 Å². The van der Waals surface area contributed by atoms with E-state index in [9.17, 15) is 0 Å². The first kappa shape index (κ1) is 23.4. The van der Waals surface area contributed by atoms with E-state index in [1.54, 1.807) is 21.3 Å². The van der Waals surface area contributed by atoms with Crippen LogP contribution in [-0.4, -0.2) is 40.1 Å². The predicted molar refractivity (Wildman–Crippen MR) is 123 cm³/mol. The molecule has 1 fully saturated rings. The minimum Gasteiger partial charge on any atom is -0.496 e. The second-order valence-corrected chi connectivity index (χ2v) is 8.78. The Morgan fingerprint density at radius 2 is 1.71 bits per heavy atom. The molecule has 1 saturated heterocycles. The van der Waals surface area contributed by atoms with Gasteiger partial charge in [-0.25, -0.2) is 0 Å². The van der Waals surface area contributed by atoms with Gasteiger partial charge in [0, 0.05) is 29.6 Å². The molecule has 170 valence electrons. The summed E-state index contributed by atoms with van der Waals surface area (Å²) in [5, 5.41) is 2.39. The molecular weight excluding hydrogens is 390 g/mol. The van der Waals surface area contributed by atoms with Crippen LogP contribution in [0, 0.1) is 0 Å². The summed E-state index contributed by atoms with van der Waals surface area (Å²) < 4.78 is 22.8. The summed E-state index contributed by atoms with van der Waals surface area (Å²) in [6, 6.07) is 14.7. The third kappa shape index (κ3) is 5.34. The lowest BCUT2D eigenvalue weighted by molar-refractivity contribution is -0.672. The highest BCUT2D eigenvalue weighted by molar-refractivity contribution is 5.43.